The fourth-order valence-corrected chi connectivity index (χ4v) is 2.02. The van der Waals surface area contributed by atoms with E-state index < -0.39 is 0 Å². The summed E-state index contributed by atoms with van der Waals surface area (Å²) in [5.41, 5.74) is 0. The molecule has 12 heavy (non-hydrogen) atoms. The van der Waals surface area contributed by atoms with Crippen molar-refractivity contribution in [1.29, 1.82) is 0 Å². The summed E-state index contributed by atoms with van der Waals surface area (Å²) in [5.74, 6) is 0. The molecule has 0 atom stereocenters. The summed E-state index contributed by atoms with van der Waals surface area (Å²) in [6.07, 6.45) is 9.96. The minimum absolute atomic E-state index is 0.00521. The molecule has 1 fully saturated rings. The van der Waals surface area contributed by atoms with Gasteiger partial charge in [0.05, 0.1) is 0 Å². The first-order chi connectivity index (χ1) is 5.93. The first-order valence-corrected chi connectivity index (χ1v) is 6.81. The molecule has 0 aromatic rings. The SMILES string of the molecule is C1CCOC1.[Cl][V][C]1=CC=CC1. The van der Waals surface area contributed by atoms with E-state index in [1.54, 1.807) is 0 Å². The summed E-state index contributed by atoms with van der Waals surface area (Å²) in [7, 11) is 5.59. The molecule has 0 N–H and O–H groups in total. The third kappa shape index (κ3) is 4.37. The number of allylic oxidation sites excluding steroid dienone is 4. The molecule has 2 aliphatic rings. The second kappa shape index (κ2) is 6.79. The molecule has 0 unspecified atom stereocenters. The maximum atomic E-state index is 5.59. The Bertz CT molecular complexity index is 166. The van der Waals surface area contributed by atoms with Crippen LogP contribution in [0.5, 0.6) is 0 Å². The van der Waals surface area contributed by atoms with Crippen molar-refractivity contribution < 1.29 is 20.1 Å². The third-order valence-corrected chi connectivity index (χ3v) is 3.44. The van der Waals surface area contributed by atoms with E-state index in [4.69, 9.17) is 14.6 Å². The normalized spacial score (nSPS) is 19.9. The van der Waals surface area contributed by atoms with Crippen molar-refractivity contribution in [3.05, 3.63) is 22.5 Å². The molecular formula is C9H13ClOV. The van der Waals surface area contributed by atoms with E-state index in [1.807, 2.05) is 0 Å². The van der Waals surface area contributed by atoms with Crippen LogP contribution in [0, 0.1) is 0 Å². The van der Waals surface area contributed by atoms with Gasteiger partial charge in [-0.1, -0.05) is 0 Å². The van der Waals surface area contributed by atoms with Crippen LogP contribution in [0.3, 0.4) is 0 Å². The van der Waals surface area contributed by atoms with Crippen molar-refractivity contribution in [1.82, 2.24) is 0 Å². The first-order valence-electron chi connectivity index (χ1n) is 4.19. The Morgan fingerprint density at radius 3 is 2.33 bits per heavy atom. The molecule has 0 radical (unpaired) electrons. The van der Waals surface area contributed by atoms with Gasteiger partial charge in [0.2, 0.25) is 0 Å². The predicted molar refractivity (Wildman–Crippen MR) is 47.7 cm³/mol. The van der Waals surface area contributed by atoms with Crippen LogP contribution in [0.25, 0.3) is 0 Å². The summed E-state index contributed by atoms with van der Waals surface area (Å²) in [6, 6.07) is 0. The van der Waals surface area contributed by atoms with Crippen LogP contribution < -0.4 is 0 Å². The Morgan fingerprint density at radius 2 is 2.08 bits per heavy atom. The van der Waals surface area contributed by atoms with Crippen LogP contribution in [0.4, 0.5) is 0 Å². The van der Waals surface area contributed by atoms with Crippen molar-refractivity contribution >= 4 is 9.85 Å². The van der Waals surface area contributed by atoms with E-state index in [1.165, 1.54) is 17.1 Å². The number of hydrogen-bond acceptors (Lipinski definition) is 1. The Labute approximate surface area is 85.0 Å². The van der Waals surface area contributed by atoms with Crippen molar-refractivity contribution in [2.75, 3.05) is 13.2 Å². The quantitative estimate of drug-likeness (QED) is 0.664. The predicted octanol–water partition coefficient (Wildman–Crippen LogP) is 2.86. The number of rotatable bonds is 1. The Kier molecular flexibility index (Phi) is 5.88. The molecule has 1 heterocycles. The zero-order chi connectivity index (χ0) is 8.65. The molecule has 0 bridgehead atoms. The molecule has 0 amide bonds. The molecule has 3 heteroatoms. The van der Waals surface area contributed by atoms with Gasteiger partial charge in [-0.15, -0.1) is 0 Å². The summed E-state index contributed by atoms with van der Waals surface area (Å²) in [6.45, 7) is 2.00. The summed E-state index contributed by atoms with van der Waals surface area (Å²) in [4.78, 5) is 0. The van der Waals surface area contributed by atoms with E-state index >= 15 is 0 Å². The Morgan fingerprint density at radius 1 is 1.33 bits per heavy atom. The molecule has 1 aliphatic heterocycles. The van der Waals surface area contributed by atoms with Gasteiger partial charge in [0.25, 0.3) is 0 Å². The fraction of sp³-hybridized carbons (Fsp3) is 0.556. The van der Waals surface area contributed by atoms with Gasteiger partial charge in [-0.3, -0.25) is 0 Å². The number of hydrogen-bond donors (Lipinski definition) is 0. The Balaban J connectivity index is 0.000000127. The number of ether oxygens (including phenoxy) is 1. The zero-order valence-corrected chi connectivity index (χ0v) is 9.15. The third-order valence-electron chi connectivity index (χ3n) is 1.69. The van der Waals surface area contributed by atoms with Crippen molar-refractivity contribution in [2.24, 2.45) is 0 Å². The van der Waals surface area contributed by atoms with E-state index in [2.05, 4.69) is 18.2 Å². The molecular weight excluding hydrogens is 210 g/mol. The fourth-order valence-electron chi connectivity index (χ4n) is 1.01. The summed E-state index contributed by atoms with van der Waals surface area (Å²) in [5, 5.41) is 0. The van der Waals surface area contributed by atoms with E-state index in [-0.39, 0.29) is 15.3 Å². The first kappa shape index (κ1) is 10.4. The van der Waals surface area contributed by atoms with E-state index in [0.717, 1.165) is 19.6 Å². The van der Waals surface area contributed by atoms with Crippen molar-refractivity contribution in [3.63, 3.8) is 0 Å². The molecule has 1 saturated heterocycles. The Hall–Kier alpha value is 0.314. The average Bonchev–Trinajstić information content (AvgIpc) is 2.81. The standard InChI is InChI=1S/C5H5.C4H8O.ClH.V/c2*1-2-4-5-3-1;;/h1-3H,4H2;1-4H2;1H;/q;;;+1/p-1. The van der Waals surface area contributed by atoms with Crippen LogP contribution in [-0.2, 0) is 20.1 Å². The molecule has 0 spiro atoms. The van der Waals surface area contributed by atoms with Gasteiger partial charge in [-0.25, -0.2) is 0 Å². The van der Waals surface area contributed by atoms with Crippen LogP contribution in [0.1, 0.15) is 19.3 Å². The van der Waals surface area contributed by atoms with Crippen molar-refractivity contribution in [2.45, 2.75) is 19.3 Å². The van der Waals surface area contributed by atoms with Crippen LogP contribution >= 0.6 is 9.85 Å². The van der Waals surface area contributed by atoms with Crippen molar-refractivity contribution in [3.8, 4) is 0 Å². The van der Waals surface area contributed by atoms with Crippen LogP contribution in [0.2, 0.25) is 0 Å². The topological polar surface area (TPSA) is 9.23 Å². The van der Waals surface area contributed by atoms with Crippen LogP contribution in [-0.4, -0.2) is 13.2 Å². The number of halogens is 1. The van der Waals surface area contributed by atoms with E-state index in [9.17, 15) is 0 Å². The molecule has 1 nitrogen and oxygen atoms in total. The second-order valence-corrected chi connectivity index (χ2v) is 4.55. The molecule has 2 rings (SSSR count). The van der Waals surface area contributed by atoms with Gasteiger partial charge in [0, 0.05) is 13.2 Å². The molecule has 0 aromatic heterocycles. The maximum absolute atomic E-state index is 5.59. The van der Waals surface area contributed by atoms with Gasteiger partial charge in [0.1, 0.15) is 0 Å². The van der Waals surface area contributed by atoms with E-state index in [0.29, 0.717) is 0 Å². The van der Waals surface area contributed by atoms with Gasteiger partial charge in [-0.2, -0.15) is 0 Å². The monoisotopic (exact) mass is 223 g/mol. The minimum atomic E-state index is -0.00521. The summed E-state index contributed by atoms with van der Waals surface area (Å²) >= 11 is -0.00521. The van der Waals surface area contributed by atoms with Gasteiger partial charge in [-0.05, 0) is 12.8 Å². The van der Waals surface area contributed by atoms with Gasteiger partial charge < -0.3 is 4.74 Å². The average molecular weight is 224 g/mol. The second-order valence-electron chi connectivity index (χ2n) is 2.69. The molecule has 0 saturated carbocycles. The van der Waals surface area contributed by atoms with Crippen LogP contribution in [0.15, 0.2) is 22.5 Å². The molecule has 0 aromatic carbocycles. The zero-order valence-electron chi connectivity index (χ0n) is 7.00. The summed E-state index contributed by atoms with van der Waals surface area (Å²) < 4.78 is 6.36. The van der Waals surface area contributed by atoms with Gasteiger partial charge in [0.15, 0.2) is 0 Å². The molecule has 1 aliphatic carbocycles. The molecule has 67 valence electrons. The van der Waals surface area contributed by atoms with Gasteiger partial charge >= 0.3 is 54.1 Å².